The fourth-order valence-corrected chi connectivity index (χ4v) is 3.97. The van der Waals surface area contributed by atoms with Crippen molar-refractivity contribution in [2.75, 3.05) is 23.3 Å². The average Bonchev–Trinajstić information content (AvgIpc) is 3.13. The van der Waals surface area contributed by atoms with E-state index in [-0.39, 0.29) is 11.8 Å². The summed E-state index contributed by atoms with van der Waals surface area (Å²) in [5, 5.41) is 6.22. The van der Waals surface area contributed by atoms with E-state index < -0.39 is 0 Å². The number of hydrogen-bond acceptors (Lipinski definition) is 4. The van der Waals surface area contributed by atoms with Gasteiger partial charge in [0.25, 0.3) is 0 Å². The molecule has 0 saturated carbocycles. The Bertz CT molecular complexity index is 694. The van der Waals surface area contributed by atoms with Gasteiger partial charge in [0.1, 0.15) is 0 Å². The minimum atomic E-state index is 0.0900. The van der Waals surface area contributed by atoms with E-state index in [1.54, 1.807) is 11.3 Å². The minimum Gasteiger partial charge on any atom is -0.349 e. The highest BCUT2D eigenvalue weighted by molar-refractivity contribution is 7.14. The summed E-state index contributed by atoms with van der Waals surface area (Å²) in [6.45, 7) is 10.4. The molecule has 1 aromatic carbocycles. The molecular formula is C21H31N3OS. The fourth-order valence-electron chi connectivity index (χ4n) is 3.01. The highest BCUT2D eigenvalue weighted by Gasteiger charge is 2.16. The number of unbranched alkanes of at least 4 members (excludes halogenated alkanes) is 1. The van der Waals surface area contributed by atoms with E-state index in [2.05, 4.69) is 43.3 Å². The number of hydrogen-bond donors (Lipinski definition) is 1. The van der Waals surface area contributed by atoms with Crippen LogP contribution in [0.4, 0.5) is 10.8 Å². The summed E-state index contributed by atoms with van der Waals surface area (Å²) in [5.41, 5.74) is 2.85. The van der Waals surface area contributed by atoms with Crippen LogP contribution >= 0.6 is 11.3 Å². The molecule has 1 aromatic heterocycles. The summed E-state index contributed by atoms with van der Waals surface area (Å²) in [7, 11) is 0. The van der Waals surface area contributed by atoms with Gasteiger partial charge in [0.2, 0.25) is 5.91 Å². The summed E-state index contributed by atoms with van der Waals surface area (Å²) < 4.78 is 0. The zero-order chi connectivity index (χ0) is 18.9. The third-order valence-corrected chi connectivity index (χ3v) is 5.62. The Labute approximate surface area is 161 Å². The molecule has 1 N–H and O–H groups in total. The number of benzene rings is 1. The normalized spacial score (nSPS) is 12.0. The SMILES string of the molecule is CCCC[C@@H](CC)C(=O)Nc1cccc(-c2csc(N(CC)CC)n2)c1. The number of thiazole rings is 1. The maximum absolute atomic E-state index is 12.5. The fraction of sp³-hybridized carbons (Fsp3) is 0.524. The molecule has 5 heteroatoms. The number of anilines is 2. The third kappa shape index (κ3) is 5.31. The summed E-state index contributed by atoms with van der Waals surface area (Å²) in [4.78, 5) is 19.6. The van der Waals surface area contributed by atoms with Crippen LogP contribution in [0.5, 0.6) is 0 Å². The molecule has 1 atom stereocenters. The van der Waals surface area contributed by atoms with E-state index in [1.807, 2.05) is 24.3 Å². The summed E-state index contributed by atoms with van der Waals surface area (Å²) in [5.74, 6) is 0.215. The topological polar surface area (TPSA) is 45.2 Å². The molecule has 0 bridgehead atoms. The second-order valence-corrected chi connectivity index (χ2v) is 7.34. The number of nitrogens with one attached hydrogen (secondary N) is 1. The van der Waals surface area contributed by atoms with E-state index in [0.717, 1.165) is 60.8 Å². The minimum absolute atomic E-state index is 0.0900. The molecule has 0 aliphatic heterocycles. The number of amides is 1. The smallest absolute Gasteiger partial charge is 0.227 e. The summed E-state index contributed by atoms with van der Waals surface area (Å²) in [6, 6.07) is 8.00. The number of carbonyl (C=O) groups excluding carboxylic acids is 1. The van der Waals surface area contributed by atoms with Gasteiger partial charge in [-0.05, 0) is 38.8 Å². The van der Waals surface area contributed by atoms with Crippen LogP contribution in [0.3, 0.4) is 0 Å². The van der Waals surface area contributed by atoms with E-state index in [1.165, 1.54) is 0 Å². The Morgan fingerprint density at radius 1 is 1.23 bits per heavy atom. The van der Waals surface area contributed by atoms with Crippen molar-refractivity contribution in [3.8, 4) is 11.3 Å². The van der Waals surface area contributed by atoms with Crippen molar-refractivity contribution in [2.24, 2.45) is 5.92 Å². The van der Waals surface area contributed by atoms with Gasteiger partial charge in [0.05, 0.1) is 5.69 Å². The molecule has 0 fully saturated rings. The molecule has 0 aliphatic rings. The van der Waals surface area contributed by atoms with Crippen LogP contribution < -0.4 is 10.2 Å². The van der Waals surface area contributed by atoms with Crippen molar-refractivity contribution in [3.05, 3.63) is 29.6 Å². The van der Waals surface area contributed by atoms with Gasteiger partial charge in [0.15, 0.2) is 5.13 Å². The Balaban J connectivity index is 2.11. The molecule has 2 rings (SSSR count). The van der Waals surface area contributed by atoms with E-state index in [9.17, 15) is 4.79 Å². The van der Waals surface area contributed by atoms with Crippen LogP contribution in [-0.2, 0) is 4.79 Å². The lowest BCUT2D eigenvalue weighted by atomic mass is 9.98. The molecule has 0 unspecified atom stereocenters. The molecule has 142 valence electrons. The Hall–Kier alpha value is -1.88. The van der Waals surface area contributed by atoms with Crippen molar-refractivity contribution in [1.82, 2.24) is 4.98 Å². The molecule has 4 nitrogen and oxygen atoms in total. The van der Waals surface area contributed by atoms with Gasteiger partial charge < -0.3 is 10.2 Å². The highest BCUT2D eigenvalue weighted by Crippen LogP contribution is 2.29. The zero-order valence-electron chi connectivity index (χ0n) is 16.4. The van der Waals surface area contributed by atoms with E-state index in [4.69, 9.17) is 4.98 Å². The molecule has 26 heavy (non-hydrogen) atoms. The molecular weight excluding hydrogens is 342 g/mol. The number of carbonyl (C=O) groups is 1. The maximum atomic E-state index is 12.5. The van der Waals surface area contributed by atoms with Crippen molar-refractivity contribution >= 4 is 28.1 Å². The van der Waals surface area contributed by atoms with Crippen LogP contribution in [0.25, 0.3) is 11.3 Å². The van der Waals surface area contributed by atoms with Gasteiger partial charge in [-0.25, -0.2) is 4.98 Å². The second kappa shape index (κ2) is 10.3. The largest absolute Gasteiger partial charge is 0.349 e. The predicted octanol–water partition coefficient (Wildman–Crippen LogP) is 5.81. The maximum Gasteiger partial charge on any atom is 0.227 e. The van der Waals surface area contributed by atoms with Gasteiger partial charge in [-0.2, -0.15) is 0 Å². The second-order valence-electron chi connectivity index (χ2n) is 6.51. The number of nitrogens with zero attached hydrogens (tertiary/aromatic N) is 2. The van der Waals surface area contributed by atoms with Gasteiger partial charge in [-0.15, -0.1) is 11.3 Å². The van der Waals surface area contributed by atoms with Gasteiger partial charge in [-0.1, -0.05) is 38.8 Å². The van der Waals surface area contributed by atoms with Gasteiger partial charge >= 0.3 is 0 Å². The van der Waals surface area contributed by atoms with Crippen LogP contribution in [0.2, 0.25) is 0 Å². The Morgan fingerprint density at radius 2 is 2.00 bits per heavy atom. The van der Waals surface area contributed by atoms with Crippen molar-refractivity contribution in [2.45, 2.75) is 53.4 Å². The standard InChI is InChI=1S/C21H31N3OS/c1-5-9-11-16(6-2)20(25)22-18-13-10-12-17(14-18)19-15-26-21(23-19)24(7-3)8-4/h10,12-16H,5-9,11H2,1-4H3,(H,22,25)/t16-/m1/s1. The molecule has 2 aromatic rings. The van der Waals surface area contributed by atoms with Crippen LogP contribution in [-0.4, -0.2) is 24.0 Å². The molecule has 0 spiro atoms. The summed E-state index contributed by atoms with van der Waals surface area (Å²) in [6.07, 6.45) is 4.06. The summed E-state index contributed by atoms with van der Waals surface area (Å²) >= 11 is 1.67. The lowest BCUT2D eigenvalue weighted by Crippen LogP contribution is -2.22. The first-order valence-corrected chi connectivity index (χ1v) is 10.6. The monoisotopic (exact) mass is 373 g/mol. The Kier molecular flexibility index (Phi) is 8.10. The zero-order valence-corrected chi connectivity index (χ0v) is 17.2. The Morgan fingerprint density at radius 3 is 2.65 bits per heavy atom. The van der Waals surface area contributed by atoms with E-state index >= 15 is 0 Å². The molecule has 0 radical (unpaired) electrons. The van der Waals surface area contributed by atoms with Crippen molar-refractivity contribution < 1.29 is 4.79 Å². The van der Waals surface area contributed by atoms with Crippen LogP contribution in [0.15, 0.2) is 29.6 Å². The first-order chi connectivity index (χ1) is 12.6. The predicted molar refractivity (Wildman–Crippen MR) is 113 cm³/mol. The average molecular weight is 374 g/mol. The highest BCUT2D eigenvalue weighted by atomic mass is 32.1. The first kappa shape index (κ1) is 20.4. The van der Waals surface area contributed by atoms with Crippen LogP contribution in [0.1, 0.15) is 53.4 Å². The van der Waals surface area contributed by atoms with Crippen molar-refractivity contribution in [3.63, 3.8) is 0 Å². The quantitative estimate of drug-likeness (QED) is 0.571. The first-order valence-electron chi connectivity index (χ1n) is 9.74. The third-order valence-electron chi connectivity index (χ3n) is 4.72. The number of aromatic nitrogens is 1. The molecule has 0 aliphatic carbocycles. The van der Waals surface area contributed by atoms with E-state index in [0.29, 0.717) is 0 Å². The molecule has 1 amide bonds. The molecule has 1 heterocycles. The number of rotatable bonds is 10. The van der Waals surface area contributed by atoms with Crippen molar-refractivity contribution in [1.29, 1.82) is 0 Å². The lowest BCUT2D eigenvalue weighted by molar-refractivity contribution is -0.120. The van der Waals surface area contributed by atoms with Crippen LogP contribution in [0, 0.1) is 5.92 Å². The molecule has 0 saturated heterocycles. The van der Waals surface area contributed by atoms with Gasteiger partial charge in [-0.3, -0.25) is 4.79 Å². The van der Waals surface area contributed by atoms with Gasteiger partial charge in [0, 0.05) is 35.6 Å². The lowest BCUT2D eigenvalue weighted by Gasteiger charge is -2.16.